The van der Waals surface area contributed by atoms with Crippen molar-refractivity contribution in [2.24, 2.45) is 0 Å². The first-order valence-electron chi connectivity index (χ1n) is 9.98. The summed E-state index contributed by atoms with van der Waals surface area (Å²) in [6.45, 7) is 2.61. The number of halogens is 2. The second kappa shape index (κ2) is 11.2. The first kappa shape index (κ1) is 25.5. The van der Waals surface area contributed by atoms with Gasteiger partial charge in [-0.2, -0.15) is 8.78 Å². The van der Waals surface area contributed by atoms with Gasteiger partial charge in [-0.15, -0.1) is 0 Å². The summed E-state index contributed by atoms with van der Waals surface area (Å²) in [6.07, 6.45) is -1.23. The van der Waals surface area contributed by atoms with Crippen molar-refractivity contribution >= 4 is 23.6 Å². The quantitative estimate of drug-likeness (QED) is 0.408. The van der Waals surface area contributed by atoms with Crippen LogP contribution in [-0.2, 0) is 14.3 Å². The topological polar surface area (TPSA) is 124 Å². The lowest BCUT2D eigenvalue weighted by Crippen LogP contribution is -2.34. The molecule has 178 valence electrons. The Hall–Kier alpha value is -3.76. The summed E-state index contributed by atoms with van der Waals surface area (Å²) in [7, 11) is 0. The lowest BCUT2D eigenvalue weighted by atomic mass is 10.1. The van der Waals surface area contributed by atoms with Crippen molar-refractivity contribution < 1.29 is 42.2 Å². The van der Waals surface area contributed by atoms with E-state index in [9.17, 15) is 28.0 Å². The molecule has 9 nitrogen and oxygen atoms in total. The molecule has 1 atom stereocenters. The molecular formula is C22H24F2N2O7. The Labute approximate surface area is 188 Å². The Morgan fingerprint density at radius 3 is 2.42 bits per heavy atom. The zero-order valence-corrected chi connectivity index (χ0v) is 18.5. The molecule has 0 saturated carbocycles. The second-order valence-corrected chi connectivity index (χ2v) is 6.90. The largest absolute Gasteiger partial charge is 0.462 e. The summed E-state index contributed by atoms with van der Waals surface area (Å²) in [6, 6.07) is 5.29. The van der Waals surface area contributed by atoms with Crippen LogP contribution in [0.2, 0.25) is 0 Å². The van der Waals surface area contributed by atoms with Gasteiger partial charge < -0.3 is 24.5 Å². The maximum Gasteiger partial charge on any atom is 0.387 e. The fourth-order valence-electron chi connectivity index (χ4n) is 3.10. The molecule has 0 fully saturated rings. The van der Waals surface area contributed by atoms with Crippen LogP contribution in [0, 0.1) is 13.8 Å². The average Bonchev–Trinajstić information content (AvgIpc) is 3.05. The first-order chi connectivity index (χ1) is 15.6. The Kier molecular flexibility index (Phi) is 8.66. The Morgan fingerprint density at radius 2 is 1.79 bits per heavy atom. The zero-order chi connectivity index (χ0) is 24.7. The molecule has 2 aromatic rings. The van der Waals surface area contributed by atoms with Crippen molar-refractivity contribution in [2.75, 3.05) is 13.2 Å². The number of aryl methyl sites for hydroxylation is 1. The van der Waals surface area contributed by atoms with E-state index in [1.807, 2.05) is 0 Å². The number of ether oxygens (including phenoxy) is 3. The van der Waals surface area contributed by atoms with Crippen LogP contribution in [0.25, 0.3) is 0 Å². The fraction of sp³-hybridized carbons (Fsp3) is 0.364. The maximum absolute atomic E-state index is 12.7. The number of carbonyl (C=O) groups excluding carboxylic acids is 4. The first-order valence-corrected chi connectivity index (χ1v) is 9.98. The molecule has 1 heterocycles. The van der Waals surface area contributed by atoms with Crippen LogP contribution in [0.1, 0.15) is 56.3 Å². The van der Waals surface area contributed by atoms with Crippen LogP contribution in [0.3, 0.4) is 0 Å². The number of aromatic nitrogens is 1. The number of rotatable bonds is 10. The minimum Gasteiger partial charge on any atom is -0.462 e. The van der Waals surface area contributed by atoms with Gasteiger partial charge in [-0.1, -0.05) is 12.1 Å². The summed E-state index contributed by atoms with van der Waals surface area (Å²) in [4.78, 5) is 52.0. The number of Topliss-reactive ketones (excluding diaryl/α,β-unsaturated/α-hetero) is 1. The van der Waals surface area contributed by atoms with Crippen molar-refractivity contribution in [1.82, 2.24) is 10.3 Å². The van der Waals surface area contributed by atoms with Gasteiger partial charge in [-0.25, -0.2) is 4.79 Å². The van der Waals surface area contributed by atoms with Crippen LogP contribution in [-0.4, -0.2) is 54.5 Å². The number of para-hydroxylation sites is 1. The normalized spacial score (nSPS) is 11.6. The molecule has 0 radical (unpaired) electrons. The zero-order valence-electron chi connectivity index (χ0n) is 18.5. The molecule has 1 amide bonds. The van der Waals surface area contributed by atoms with E-state index in [0.29, 0.717) is 11.3 Å². The molecule has 0 aliphatic heterocycles. The number of esters is 2. The van der Waals surface area contributed by atoms with E-state index in [0.717, 1.165) is 0 Å². The highest BCUT2D eigenvalue weighted by molar-refractivity contribution is 6.04. The number of aromatic amines is 1. The van der Waals surface area contributed by atoms with Gasteiger partial charge in [0.1, 0.15) is 12.3 Å². The third-order valence-corrected chi connectivity index (χ3v) is 4.58. The number of H-pyrrole nitrogens is 1. The highest BCUT2D eigenvalue weighted by atomic mass is 19.3. The minimum atomic E-state index is -3.12. The van der Waals surface area contributed by atoms with Gasteiger partial charge in [0, 0.05) is 5.69 Å². The van der Waals surface area contributed by atoms with E-state index in [2.05, 4.69) is 15.0 Å². The molecule has 1 aromatic heterocycles. The predicted octanol–water partition coefficient (Wildman–Crippen LogP) is 2.95. The lowest BCUT2D eigenvalue weighted by molar-refractivity contribution is -0.145. The minimum absolute atomic E-state index is 0.0953. The Balaban J connectivity index is 2.00. The molecule has 0 unspecified atom stereocenters. The second-order valence-electron chi connectivity index (χ2n) is 6.90. The van der Waals surface area contributed by atoms with E-state index in [4.69, 9.17) is 9.47 Å². The number of hydrogen-bond donors (Lipinski definition) is 2. The molecule has 0 spiro atoms. The Bertz CT molecular complexity index is 1050. The molecule has 11 heteroatoms. The molecule has 0 bridgehead atoms. The van der Waals surface area contributed by atoms with Crippen LogP contribution >= 0.6 is 0 Å². The van der Waals surface area contributed by atoms with Gasteiger partial charge in [-0.3, -0.25) is 14.4 Å². The highest BCUT2D eigenvalue weighted by Crippen LogP contribution is 2.22. The highest BCUT2D eigenvalue weighted by Gasteiger charge is 2.27. The predicted molar refractivity (Wildman–Crippen MR) is 112 cm³/mol. The van der Waals surface area contributed by atoms with Crippen LogP contribution in [0.15, 0.2) is 24.3 Å². The average molecular weight is 466 g/mol. The molecule has 33 heavy (non-hydrogen) atoms. The number of ketones is 1. The monoisotopic (exact) mass is 466 g/mol. The number of nitrogens with one attached hydrogen (secondary N) is 2. The fourth-order valence-corrected chi connectivity index (χ4v) is 3.10. The van der Waals surface area contributed by atoms with Crippen LogP contribution in [0.4, 0.5) is 8.78 Å². The van der Waals surface area contributed by atoms with E-state index >= 15 is 0 Å². The molecule has 0 aliphatic rings. The lowest BCUT2D eigenvalue weighted by Gasteiger charge is -2.13. The summed E-state index contributed by atoms with van der Waals surface area (Å²) >= 11 is 0. The van der Waals surface area contributed by atoms with Crippen molar-refractivity contribution in [3.05, 3.63) is 52.3 Å². The number of carbonyl (C=O) groups is 4. The summed E-state index contributed by atoms with van der Waals surface area (Å²) in [5, 5.41) is 2.23. The third-order valence-electron chi connectivity index (χ3n) is 4.58. The number of amides is 1. The van der Waals surface area contributed by atoms with Crippen LogP contribution in [0.5, 0.6) is 5.75 Å². The Morgan fingerprint density at radius 1 is 1.12 bits per heavy atom. The maximum atomic E-state index is 12.7. The summed E-state index contributed by atoms with van der Waals surface area (Å²) < 4.78 is 39.3. The van der Waals surface area contributed by atoms with Crippen LogP contribution < -0.4 is 10.1 Å². The number of alkyl halides is 2. The van der Waals surface area contributed by atoms with Gasteiger partial charge in [0.25, 0.3) is 5.91 Å². The van der Waals surface area contributed by atoms with Crippen molar-refractivity contribution in [2.45, 2.75) is 40.4 Å². The van der Waals surface area contributed by atoms with E-state index in [-0.39, 0.29) is 29.2 Å². The van der Waals surface area contributed by atoms with E-state index < -0.39 is 42.9 Å². The van der Waals surface area contributed by atoms with Crippen molar-refractivity contribution in [1.29, 1.82) is 0 Å². The smallest absolute Gasteiger partial charge is 0.387 e. The van der Waals surface area contributed by atoms with Gasteiger partial charge in [-0.05, 0) is 45.4 Å². The van der Waals surface area contributed by atoms with Crippen molar-refractivity contribution in [3.8, 4) is 5.75 Å². The number of hydrogen-bond acceptors (Lipinski definition) is 7. The number of benzene rings is 1. The summed E-state index contributed by atoms with van der Waals surface area (Å²) in [5.41, 5.74) is 0.930. The molecular weight excluding hydrogens is 442 g/mol. The third kappa shape index (κ3) is 6.37. The van der Waals surface area contributed by atoms with Gasteiger partial charge in [0.2, 0.25) is 5.78 Å². The van der Waals surface area contributed by atoms with E-state index in [1.165, 1.54) is 31.2 Å². The van der Waals surface area contributed by atoms with Crippen molar-refractivity contribution in [3.63, 3.8) is 0 Å². The van der Waals surface area contributed by atoms with Gasteiger partial charge in [0.05, 0.1) is 23.4 Å². The molecule has 0 saturated heterocycles. The van der Waals surface area contributed by atoms with E-state index in [1.54, 1.807) is 20.8 Å². The van der Waals surface area contributed by atoms with Gasteiger partial charge >= 0.3 is 18.6 Å². The van der Waals surface area contributed by atoms with Gasteiger partial charge in [0.15, 0.2) is 6.10 Å². The summed E-state index contributed by atoms with van der Waals surface area (Å²) in [5.74, 6) is -3.27. The molecule has 2 N–H and O–H groups in total. The molecule has 2 rings (SSSR count). The standard InChI is InChI=1S/C22H24F2N2O7/c1-5-31-21(30)17-11(2)18(26-12(17)3)19(28)13(4)32-16(27)10-25-20(29)14-8-6-7-9-15(14)33-22(23)24/h6-9,13,22,26H,5,10H2,1-4H3,(H,25,29)/t13-/m0/s1. The molecule has 1 aromatic carbocycles. The molecule has 0 aliphatic carbocycles. The SMILES string of the molecule is CCOC(=O)c1c(C)[nH]c(C(=O)[C@H](C)OC(=O)CNC(=O)c2ccccc2OC(F)F)c1C.